The highest BCUT2D eigenvalue weighted by molar-refractivity contribution is 6.18. The molecule has 3 heteroatoms. The number of rotatable bonds is 4. The molecule has 19 heavy (non-hydrogen) atoms. The van der Waals surface area contributed by atoms with Gasteiger partial charge >= 0.3 is 0 Å². The smallest absolute Gasteiger partial charge is 0.226 e. The third-order valence-corrected chi connectivity index (χ3v) is 4.46. The van der Waals surface area contributed by atoms with Gasteiger partial charge in [-0.1, -0.05) is 24.3 Å². The van der Waals surface area contributed by atoms with E-state index in [1.807, 2.05) is 4.90 Å². The Bertz CT molecular complexity index is 470. The fourth-order valence-electron chi connectivity index (χ4n) is 3.09. The predicted molar refractivity (Wildman–Crippen MR) is 77.4 cm³/mol. The fourth-order valence-corrected chi connectivity index (χ4v) is 3.28. The van der Waals surface area contributed by atoms with E-state index >= 15 is 0 Å². The van der Waals surface area contributed by atoms with E-state index < -0.39 is 0 Å². The largest absolute Gasteiger partial charge is 0.338 e. The van der Waals surface area contributed by atoms with Gasteiger partial charge in [-0.2, -0.15) is 0 Å². The first-order chi connectivity index (χ1) is 9.29. The molecule has 1 amide bonds. The summed E-state index contributed by atoms with van der Waals surface area (Å²) in [5.74, 6) is 1.04. The Morgan fingerprint density at radius 2 is 1.95 bits per heavy atom. The average molecular weight is 278 g/mol. The lowest BCUT2D eigenvalue weighted by atomic mass is 9.83. The summed E-state index contributed by atoms with van der Waals surface area (Å²) in [5, 5.41) is 0. The van der Waals surface area contributed by atoms with Crippen LogP contribution in [0, 0.1) is 5.92 Å². The van der Waals surface area contributed by atoms with Gasteiger partial charge in [0.25, 0.3) is 0 Å². The second-order valence-corrected chi connectivity index (χ2v) is 6.04. The molecule has 1 aromatic rings. The van der Waals surface area contributed by atoms with Crippen LogP contribution in [0.15, 0.2) is 24.3 Å². The summed E-state index contributed by atoms with van der Waals surface area (Å²) in [4.78, 5) is 14.7. The Labute approximate surface area is 119 Å². The first-order valence-corrected chi connectivity index (χ1v) is 7.76. The van der Waals surface area contributed by atoms with Crippen LogP contribution in [0.2, 0.25) is 0 Å². The van der Waals surface area contributed by atoms with Crippen LogP contribution in [0.4, 0.5) is 0 Å². The molecular formula is C16H20ClNO. The molecule has 2 aliphatic rings. The van der Waals surface area contributed by atoms with Gasteiger partial charge in [-0.15, -0.1) is 11.6 Å². The molecule has 102 valence electrons. The van der Waals surface area contributed by atoms with Gasteiger partial charge in [-0.05, 0) is 43.2 Å². The second kappa shape index (κ2) is 5.54. The van der Waals surface area contributed by atoms with Crippen LogP contribution >= 0.6 is 11.6 Å². The zero-order valence-corrected chi connectivity index (χ0v) is 11.9. The van der Waals surface area contributed by atoms with E-state index in [4.69, 9.17) is 11.6 Å². The van der Waals surface area contributed by atoms with Crippen LogP contribution in [-0.4, -0.2) is 29.3 Å². The Morgan fingerprint density at radius 3 is 2.63 bits per heavy atom. The number of carbonyl (C=O) groups excluding carboxylic acids is 1. The van der Waals surface area contributed by atoms with Crippen molar-refractivity contribution >= 4 is 17.5 Å². The summed E-state index contributed by atoms with van der Waals surface area (Å²) in [5.41, 5.74) is 2.77. The molecule has 0 spiro atoms. The zero-order chi connectivity index (χ0) is 13.2. The first kappa shape index (κ1) is 13.0. The molecule has 1 saturated carbocycles. The number of fused-ring (bicyclic) bond motifs is 1. The molecule has 3 rings (SSSR count). The minimum Gasteiger partial charge on any atom is -0.338 e. The lowest BCUT2D eigenvalue weighted by Crippen LogP contribution is -2.41. The molecular weight excluding hydrogens is 258 g/mol. The van der Waals surface area contributed by atoms with Gasteiger partial charge in [-0.25, -0.2) is 0 Å². The van der Waals surface area contributed by atoms with Crippen molar-refractivity contribution < 1.29 is 4.79 Å². The number of halogens is 1. The molecule has 0 bridgehead atoms. The quantitative estimate of drug-likeness (QED) is 0.775. The topological polar surface area (TPSA) is 20.3 Å². The molecule has 0 N–H and O–H groups in total. The summed E-state index contributed by atoms with van der Waals surface area (Å²) >= 11 is 5.84. The van der Waals surface area contributed by atoms with Gasteiger partial charge < -0.3 is 4.90 Å². The molecule has 0 aromatic heterocycles. The maximum atomic E-state index is 12.6. The second-order valence-electron chi connectivity index (χ2n) is 5.66. The number of hydrogen-bond donors (Lipinski definition) is 0. The molecule has 2 nitrogen and oxygen atoms in total. The van der Waals surface area contributed by atoms with Crippen LogP contribution < -0.4 is 0 Å². The first-order valence-electron chi connectivity index (χ1n) is 7.23. The van der Waals surface area contributed by atoms with Crippen molar-refractivity contribution in [1.82, 2.24) is 4.90 Å². The third-order valence-electron chi connectivity index (χ3n) is 4.29. The van der Waals surface area contributed by atoms with Crippen LogP contribution in [0.1, 0.15) is 30.4 Å². The van der Waals surface area contributed by atoms with E-state index in [1.165, 1.54) is 11.1 Å². The normalized spacial score (nSPS) is 21.8. The minimum absolute atomic E-state index is 0.165. The highest BCUT2D eigenvalue weighted by atomic mass is 35.5. The molecule has 1 fully saturated rings. The number of carbonyl (C=O) groups is 1. The summed E-state index contributed by atoms with van der Waals surface area (Å²) in [6, 6.07) is 8.99. The number of hydrogen-bond acceptors (Lipinski definition) is 1. The van der Waals surface area contributed by atoms with Crippen molar-refractivity contribution in [1.29, 1.82) is 0 Å². The predicted octanol–water partition coefficient (Wildman–Crippen LogP) is 3.02. The number of alkyl halides is 1. The monoisotopic (exact) mass is 277 g/mol. The molecule has 0 saturated heterocycles. The Hall–Kier alpha value is -1.02. The summed E-state index contributed by atoms with van der Waals surface area (Å²) in [7, 11) is 0. The Kier molecular flexibility index (Phi) is 3.79. The van der Waals surface area contributed by atoms with E-state index in [9.17, 15) is 4.79 Å². The molecule has 1 atom stereocenters. The molecule has 1 aromatic carbocycles. The van der Waals surface area contributed by atoms with Gasteiger partial charge in [0.1, 0.15) is 0 Å². The number of benzene rings is 1. The molecule has 0 radical (unpaired) electrons. The van der Waals surface area contributed by atoms with Gasteiger partial charge in [0, 0.05) is 24.4 Å². The number of amides is 1. The van der Waals surface area contributed by atoms with Crippen LogP contribution in [0.25, 0.3) is 0 Å². The van der Waals surface area contributed by atoms with Crippen LogP contribution in [0.3, 0.4) is 0 Å². The van der Waals surface area contributed by atoms with Gasteiger partial charge in [-0.3, -0.25) is 4.79 Å². The van der Waals surface area contributed by atoms with Crippen molar-refractivity contribution in [3.8, 4) is 0 Å². The van der Waals surface area contributed by atoms with E-state index in [-0.39, 0.29) is 5.92 Å². The van der Waals surface area contributed by atoms with Gasteiger partial charge in [0.15, 0.2) is 0 Å². The molecule has 0 aliphatic heterocycles. The average Bonchev–Trinajstić information content (AvgIpc) is 3.28. The Balaban J connectivity index is 1.71. The molecule has 0 heterocycles. The number of nitrogens with zero attached hydrogens (tertiary/aromatic N) is 1. The van der Waals surface area contributed by atoms with E-state index in [0.29, 0.717) is 24.4 Å². The Morgan fingerprint density at radius 1 is 1.21 bits per heavy atom. The van der Waals surface area contributed by atoms with E-state index in [0.717, 1.165) is 32.1 Å². The van der Waals surface area contributed by atoms with Crippen LogP contribution in [-0.2, 0) is 17.6 Å². The molecule has 2 aliphatic carbocycles. The lowest BCUT2D eigenvalue weighted by Gasteiger charge is -2.30. The standard InChI is InChI=1S/C16H20ClNO/c17-9-10-18(15-7-8-15)16(19)14-6-5-12-3-1-2-4-13(12)11-14/h1-4,14-15H,5-11H2. The molecule has 1 unspecified atom stereocenters. The van der Waals surface area contributed by atoms with Crippen molar-refractivity contribution in [3.05, 3.63) is 35.4 Å². The van der Waals surface area contributed by atoms with Gasteiger partial charge in [0.05, 0.1) is 0 Å². The summed E-state index contributed by atoms with van der Waals surface area (Å²) < 4.78 is 0. The third kappa shape index (κ3) is 2.79. The van der Waals surface area contributed by atoms with Crippen molar-refractivity contribution in [2.75, 3.05) is 12.4 Å². The highest BCUT2D eigenvalue weighted by Crippen LogP contribution is 2.32. The summed E-state index contributed by atoms with van der Waals surface area (Å²) in [6.45, 7) is 0.712. The minimum atomic E-state index is 0.165. The lowest BCUT2D eigenvalue weighted by molar-refractivity contribution is -0.136. The zero-order valence-electron chi connectivity index (χ0n) is 11.1. The highest BCUT2D eigenvalue weighted by Gasteiger charge is 2.36. The number of aryl methyl sites for hydroxylation is 1. The van der Waals surface area contributed by atoms with E-state index in [2.05, 4.69) is 24.3 Å². The summed E-state index contributed by atoms with van der Waals surface area (Å²) in [6.07, 6.45) is 5.24. The maximum Gasteiger partial charge on any atom is 0.226 e. The SMILES string of the molecule is O=C(C1CCc2ccccc2C1)N(CCCl)C1CC1. The fraction of sp³-hybridized carbons (Fsp3) is 0.562. The maximum absolute atomic E-state index is 12.6. The van der Waals surface area contributed by atoms with E-state index in [1.54, 1.807) is 0 Å². The van der Waals surface area contributed by atoms with Crippen molar-refractivity contribution in [2.45, 2.75) is 38.1 Å². The van der Waals surface area contributed by atoms with Crippen molar-refractivity contribution in [2.24, 2.45) is 5.92 Å². The van der Waals surface area contributed by atoms with Crippen molar-refractivity contribution in [3.63, 3.8) is 0 Å². The van der Waals surface area contributed by atoms with Crippen LogP contribution in [0.5, 0.6) is 0 Å². The van der Waals surface area contributed by atoms with Gasteiger partial charge in [0.2, 0.25) is 5.91 Å².